The zero-order chi connectivity index (χ0) is 16.0. The van der Waals surface area contributed by atoms with Gasteiger partial charge in [-0.15, -0.1) is 12.4 Å². The van der Waals surface area contributed by atoms with Crippen molar-refractivity contribution < 1.29 is 27.1 Å². The van der Waals surface area contributed by atoms with Crippen LogP contribution in [0.2, 0.25) is 0 Å². The predicted octanol–water partition coefficient (Wildman–Crippen LogP) is 2.81. The molecule has 4 nitrogen and oxygen atoms in total. The molecule has 22 heavy (non-hydrogen) atoms. The molecule has 1 amide bonds. The number of hydrogen-bond donors (Lipinski definition) is 2. The molecule has 0 aromatic heterocycles. The fraction of sp³-hybridized carbons (Fsp3) is 0.462. The summed E-state index contributed by atoms with van der Waals surface area (Å²) in [7, 11) is 0. The zero-order valence-corrected chi connectivity index (χ0v) is 12.5. The molecular weight excluding hydrogens is 328 g/mol. The fourth-order valence-corrected chi connectivity index (χ4v) is 1.36. The van der Waals surface area contributed by atoms with Gasteiger partial charge in [-0.05, 0) is 24.6 Å². The Balaban J connectivity index is 0.00000441. The lowest BCUT2D eigenvalue weighted by Crippen LogP contribution is -2.32. The van der Waals surface area contributed by atoms with Crippen molar-refractivity contribution in [2.45, 2.75) is 31.9 Å². The predicted molar refractivity (Wildman–Crippen MR) is 76.6 cm³/mol. The van der Waals surface area contributed by atoms with Gasteiger partial charge in [-0.25, -0.2) is 8.78 Å². The molecule has 0 saturated carbocycles. The van der Waals surface area contributed by atoms with Crippen LogP contribution in [0.4, 0.5) is 23.2 Å². The minimum absolute atomic E-state index is 0. The van der Waals surface area contributed by atoms with Gasteiger partial charge in [0.15, 0.2) is 0 Å². The highest BCUT2D eigenvalue weighted by Crippen LogP contribution is 2.23. The van der Waals surface area contributed by atoms with Crippen LogP contribution in [0.1, 0.15) is 12.5 Å². The molecule has 0 heterocycles. The minimum Gasteiger partial charge on any atom is -0.370 e. The first-order chi connectivity index (χ1) is 9.72. The number of hydrogen-bond acceptors (Lipinski definition) is 3. The molecule has 9 heteroatoms. The van der Waals surface area contributed by atoms with E-state index in [1.165, 1.54) is 13.0 Å². The highest BCUT2D eigenvalue weighted by molar-refractivity contribution is 5.94. The first-order valence-electron chi connectivity index (χ1n) is 6.11. The molecule has 126 valence electrons. The van der Waals surface area contributed by atoms with Crippen LogP contribution >= 0.6 is 12.4 Å². The number of alkyl halides is 4. The number of anilines is 1. The van der Waals surface area contributed by atoms with Gasteiger partial charge in [0.2, 0.25) is 5.91 Å². The quantitative estimate of drug-likeness (QED) is 0.748. The summed E-state index contributed by atoms with van der Waals surface area (Å²) in [5.41, 5.74) is 6.26. The van der Waals surface area contributed by atoms with Gasteiger partial charge in [0.1, 0.15) is 6.61 Å². The topological polar surface area (TPSA) is 64.4 Å². The first kappa shape index (κ1) is 20.6. The molecule has 0 aliphatic carbocycles. The average molecular weight is 345 g/mol. The van der Waals surface area contributed by atoms with E-state index in [0.29, 0.717) is 11.3 Å². The zero-order valence-electron chi connectivity index (χ0n) is 11.7. The summed E-state index contributed by atoms with van der Waals surface area (Å²) >= 11 is 0. The molecule has 1 rings (SSSR count). The van der Waals surface area contributed by atoms with Gasteiger partial charge in [0.25, 0.3) is 0 Å². The maximum absolute atomic E-state index is 12.6. The first-order valence-corrected chi connectivity index (χ1v) is 6.11. The minimum atomic E-state index is -4.18. The third-order valence-corrected chi connectivity index (χ3v) is 2.49. The van der Waals surface area contributed by atoms with Crippen molar-refractivity contribution in [1.82, 2.24) is 0 Å². The van der Waals surface area contributed by atoms with E-state index in [9.17, 15) is 22.4 Å². The number of carbonyl (C=O) groups is 1. The highest BCUT2D eigenvalue weighted by atomic mass is 35.5. The lowest BCUT2D eigenvalue weighted by Gasteiger charge is -2.15. The van der Waals surface area contributed by atoms with Crippen LogP contribution in [0, 0.1) is 0 Å². The van der Waals surface area contributed by atoms with Gasteiger partial charge in [-0.3, -0.25) is 4.79 Å². The summed E-state index contributed by atoms with van der Waals surface area (Å²) in [6, 6.07) is 5.50. The molecule has 0 aliphatic rings. The second-order valence-corrected chi connectivity index (χ2v) is 4.53. The van der Waals surface area contributed by atoms with Crippen molar-refractivity contribution >= 4 is 24.0 Å². The Morgan fingerprint density at radius 3 is 2.59 bits per heavy atom. The van der Waals surface area contributed by atoms with E-state index in [-0.39, 0.29) is 19.0 Å². The van der Waals surface area contributed by atoms with Crippen molar-refractivity contribution in [3.05, 3.63) is 29.8 Å². The summed E-state index contributed by atoms with van der Waals surface area (Å²) in [6.45, 7) is -0.139. The Morgan fingerprint density at radius 1 is 1.41 bits per heavy atom. The van der Waals surface area contributed by atoms with Crippen LogP contribution in [-0.2, 0) is 16.1 Å². The van der Waals surface area contributed by atoms with E-state index in [4.69, 9.17) is 5.73 Å². The number of halogens is 5. The Morgan fingerprint density at radius 2 is 2.05 bits per heavy atom. The molecular formula is C13H17ClF4N2O2. The Labute approximate surface area is 131 Å². The second-order valence-electron chi connectivity index (χ2n) is 4.53. The summed E-state index contributed by atoms with van der Waals surface area (Å²) in [4.78, 5) is 11.4. The van der Waals surface area contributed by atoms with E-state index in [1.807, 2.05) is 0 Å². The molecule has 0 bridgehead atoms. The Kier molecular flexibility index (Phi) is 8.36. The van der Waals surface area contributed by atoms with Gasteiger partial charge in [0.05, 0.1) is 12.6 Å². The number of amides is 1. The van der Waals surface area contributed by atoms with E-state index >= 15 is 0 Å². The van der Waals surface area contributed by atoms with Crippen LogP contribution in [0.5, 0.6) is 0 Å². The van der Waals surface area contributed by atoms with Gasteiger partial charge in [-0.2, -0.15) is 8.78 Å². The van der Waals surface area contributed by atoms with Crippen molar-refractivity contribution in [2.24, 2.45) is 5.73 Å². The number of nitrogens with one attached hydrogen (secondary N) is 1. The Bertz CT molecular complexity index is 487. The van der Waals surface area contributed by atoms with Crippen LogP contribution in [0.25, 0.3) is 0 Å². The molecule has 0 unspecified atom stereocenters. The van der Waals surface area contributed by atoms with E-state index in [2.05, 4.69) is 10.1 Å². The molecule has 3 N–H and O–H groups in total. The third-order valence-electron chi connectivity index (χ3n) is 2.49. The maximum atomic E-state index is 12.6. The van der Waals surface area contributed by atoms with E-state index in [0.717, 1.165) is 0 Å². The number of ether oxygens (including phenoxy) is 1. The fourth-order valence-electron chi connectivity index (χ4n) is 1.36. The summed E-state index contributed by atoms with van der Waals surface area (Å²) in [6.07, 6.45) is -3.77. The molecule has 0 fully saturated rings. The second kappa shape index (κ2) is 8.92. The monoisotopic (exact) mass is 344 g/mol. The number of carbonyl (C=O) groups excluding carboxylic acids is 1. The van der Waals surface area contributed by atoms with Gasteiger partial charge in [0, 0.05) is 5.69 Å². The van der Waals surface area contributed by atoms with Crippen LogP contribution < -0.4 is 11.1 Å². The summed E-state index contributed by atoms with van der Waals surface area (Å²) in [5, 5.41) is 2.52. The third kappa shape index (κ3) is 6.59. The number of nitrogens with two attached hydrogens (primary N) is 1. The summed E-state index contributed by atoms with van der Waals surface area (Å²) < 4.78 is 53.7. The SMILES string of the molecule is C[C@@H](N)C(=O)Nc1cccc(COCC(F)(F)C(F)F)c1.Cl. The molecule has 1 atom stereocenters. The van der Waals surface area contributed by atoms with Crippen molar-refractivity contribution in [3.63, 3.8) is 0 Å². The normalized spacial score (nSPS) is 12.7. The number of rotatable bonds is 7. The average Bonchev–Trinajstić information content (AvgIpc) is 2.38. The molecule has 0 radical (unpaired) electrons. The van der Waals surface area contributed by atoms with Crippen LogP contribution in [0.3, 0.4) is 0 Å². The molecule has 1 aromatic carbocycles. The smallest absolute Gasteiger partial charge is 0.330 e. The maximum Gasteiger partial charge on any atom is 0.330 e. The van der Waals surface area contributed by atoms with Crippen LogP contribution in [0.15, 0.2) is 24.3 Å². The van der Waals surface area contributed by atoms with E-state index < -0.39 is 30.9 Å². The van der Waals surface area contributed by atoms with Crippen LogP contribution in [-0.4, -0.2) is 30.9 Å². The van der Waals surface area contributed by atoms with Gasteiger partial charge < -0.3 is 15.8 Å². The van der Waals surface area contributed by atoms with Crippen molar-refractivity contribution in [2.75, 3.05) is 11.9 Å². The molecule has 1 aromatic rings. The Hall–Kier alpha value is -1.38. The van der Waals surface area contributed by atoms with Crippen molar-refractivity contribution in [3.8, 4) is 0 Å². The largest absolute Gasteiger partial charge is 0.370 e. The standard InChI is InChI=1S/C13H16F4N2O2.ClH/c1-8(18)11(20)19-10-4-2-3-9(5-10)6-21-7-13(16,17)12(14)15;/h2-5,8,12H,6-7,18H2,1H3,(H,19,20);1H/t8-;/m1./s1. The van der Waals surface area contributed by atoms with Crippen molar-refractivity contribution in [1.29, 1.82) is 0 Å². The highest BCUT2D eigenvalue weighted by Gasteiger charge is 2.40. The molecule has 0 aliphatic heterocycles. The van der Waals surface area contributed by atoms with Gasteiger partial charge >= 0.3 is 12.3 Å². The lowest BCUT2D eigenvalue weighted by molar-refractivity contribution is -0.168. The van der Waals surface area contributed by atoms with E-state index in [1.54, 1.807) is 18.2 Å². The molecule has 0 spiro atoms. The molecule has 0 saturated heterocycles. The summed E-state index contributed by atoms with van der Waals surface area (Å²) in [5.74, 6) is -4.59. The number of benzene rings is 1. The lowest BCUT2D eigenvalue weighted by atomic mass is 10.2. The van der Waals surface area contributed by atoms with Gasteiger partial charge in [-0.1, -0.05) is 12.1 Å².